The minimum Gasteiger partial charge on any atom is -0.259 e. The number of hydrogen-bond donors (Lipinski definition) is 0. The Hall–Kier alpha value is -6.95. The number of hydrogen-bond acceptors (Lipinski definition) is 4. The van der Waals surface area contributed by atoms with E-state index in [9.17, 15) is 5.26 Å². The number of nitrogens with zero attached hydrogens (tertiary/aromatic N) is 5. The lowest BCUT2D eigenvalue weighted by molar-refractivity contribution is 1.24. The van der Waals surface area contributed by atoms with Gasteiger partial charge in [-0.1, -0.05) is 97.1 Å². The molecule has 5 aromatic carbocycles. The molecule has 0 amide bonds. The third-order valence-electron chi connectivity index (χ3n) is 8.66. The minimum absolute atomic E-state index is 0.552. The molecule has 8 aromatic rings. The molecule has 0 spiro atoms. The van der Waals surface area contributed by atoms with Crippen molar-refractivity contribution in [3.63, 3.8) is 0 Å². The average molecular weight is 612 g/mol. The van der Waals surface area contributed by atoms with Crippen molar-refractivity contribution in [1.29, 1.82) is 5.26 Å². The van der Waals surface area contributed by atoms with Crippen molar-refractivity contribution in [1.82, 2.24) is 15.0 Å². The summed E-state index contributed by atoms with van der Waals surface area (Å²) in [6.45, 7) is 7.40. The van der Waals surface area contributed by atoms with Crippen LogP contribution in [0.15, 0.2) is 152 Å². The molecule has 3 aromatic heterocycles. The van der Waals surface area contributed by atoms with Crippen LogP contribution in [-0.2, 0) is 0 Å². The van der Waals surface area contributed by atoms with E-state index in [1.165, 1.54) is 0 Å². The van der Waals surface area contributed by atoms with Gasteiger partial charge in [0.25, 0.3) is 0 Å². The van der Waals surface area contributed by atoms with Crippen LogP contribution in [0.25, 0.3) is 82.5 Å². The fourth-order valence-electron chi connectivity index (χ4n) is 6.40. The first kappa shape index (κ1) is 28.5. The largest absolute Gasteiger partial charge is 0.259 e. The van der Waals surface area contributed by atoms with E-state index in [0.717, 1.165) is 72.0 Å². The molecule has 0 saturated carbocycles. The monoisotopic (exact) mass is 611 g/mol. The normalized spacial score (nSPS) is 10.9. The van der Waals surface area contributed by atoms with Crippen molar-refractivity contribution in [2.24, 2.45) is 0 Å². The maximum Gasteiger partial charge on any atom is 0.190 e. The van der Waals surface area contributed by atoms with E-state index < -0.39 is 0 Å². The maximum atomic E-state index is 9.38. The Kier molecular flexibility index (Phi) is 7.19. The number of benzene rings is 5. The van der Waals surface area contributed by atoms with Crippen LogP contribution in [0, 0.1) is 17.9 Å². The van der Waals surface area contributed by atoms with Gasteiger partial charge in [0.05, 0.1) is 41.0 Å². The molecule has 0 N–H and O–H groups in total. The molecular formula is C43H25N5. The molecule has 222 valence electrons. The Bertz CT molecular complexity index is 2430. The van der Waals surface area contributed by atoms with Gasteiger partial charge < -0.3 is 0 Å². The summed E-state index contributed by atoms with van der Waals surface area (Å²) in [5.74, 6) is 0. The van der Waals surface area contributed by atoms with E-state index in [2.05, 4.69) is 106 Å². The molecule has 0 bridgehead atoms. The van der Waals surface area contributed by atoms with Crippen LogP contribution in [0.2, 0.25) is 0 Å². The fraction of sp³-hybridized carbons (Fsp3) is 0. The zero-order valence-electron chi connectivity index (χ0n) is 25.7. The van der Waals surface area contributed by atoms with E-state index >= 15 is 0 Å². The molecule has 8 rings (SSSR count). The lowest BCUT2D eigenvalue weighted by Gasteiger charge is -2.16. The number of pyridine rings is 3. The topological polar surface area (TPSA) is 66.8 Å². The zero-order valence-corrected chi connectivity index (χ0v) is 25.7. The van der Waals surface area contributed by atoms with Crippen LogP contribution in [0.3, 0.4) is 0 Å². The first-order valence-electron chi connectivity index (χ1n) is 15.5. The van der Waals surface area contributed by atoms with Gasteiger partial charge in [-0.15, -0.1) is 0 Å². The lowest BCUT2D eigenvalue weighted by Crippen LogP contribution is -1.93. The maximum absolute atomic E-state index is 9.38. The number of nitriles is 1. The molecule has 0 aliphatic rings. The first-order valence-corrected chi connectivity index (χ1v) is 15.5. The highest BCUT2D eigenvalue weighted by Gasteiger charge is 2.15. The summed E-state index contributed by atoms with van der Waals surface area (Å²) in [5, 5.41) is 13.9. The summed E-state index contributed by atoms with van der Waals surface area (Å²) in [6, 6.07) is 49.3. The van der Waals surface area contributed by atoms with Crippen LogP contribution in [0.4, 0.5) is 5.69 Å². The molecule has 5 nitrogen and oxygen atoms in total. The van der Waals surface area contributed by atoms with Gasteiger partial charge in [0.1, 0.15) is 0 Å². The quantitative estimate of drug-likeness (QED) is 0.182. The third kappa shape index (κ3) is 5.12. The van der Waals surface area contributed by atoms with Crippen LogP contribution in [-0.4, -0.2) is 15.0 Å². The molecule has 0 fully saturated rings. The molecule has 5 heteroatoms. The SMILES string of the molecule is [C-]#[N+]c1ccnc(-c2cccc(-c3ccc(-c4ccc(-c5cccc(-c6cc(C#N)ccn6)n5)c5ccccc45)c4ccccc34)c2)c1. The van der Waals surface area contributed by atoms with Crippen LogP contribution in [0.1, 0.15) is 5.56 Å². The second kappa shape index (κ2) is 12.1. The van der Waals surface area contributed by atoms with Gasteiger partial charge in [0, 0.05) is 18.0 Å². The van der Waals surface area contributed by atoms with Crippen LogP contribution in [0.5, 0.6) is 0 Å². The van der Waals surface area contributed by atoms with Crippen LogP contribution < -0.4 is 0 Å². The highest BCUT2D eigenvalue weighted by molar-refractivity contribution is 6.12. The summed E-state index contributed by atoms with van der Waals surface area (Å²) in [5.41, 5.74) is 10.7. The Labute approximate surface area is 277 Å². The van der Waals surface area contributed by atoms with E-state index in [1.807, 2.05) is 36.4 Å². The van der Waals surface area contributed by atoms with Gasteiger partial charge in [-0.05, 0) is 91.8 Å². The second-order valence-corrected chi connectivity index (χ2v) is 11.5. The Morgan fingerprint density at radius 1 is 0.479 bits per heavy atom. The number of rotatable bonds is 5. The number of aromatic nitrogens is 3. The standard InChI is InChI=1S/C43H25N5/c1-45-31-21-23-46-42(26-31)30-9-6-8-29(25-30)32-16-17-37(34-11-3-2-10-33(32)34)38-18-19-39(36-13-5-4-12-35(36)38)40-14-7-15-41(48-40)43-24-28(27-44)20-22-47-43/h2-26H. The van der Waals surface area contributed by atoms with Crippen molar-refractivity contribution < 1.29 is 0 Å². The van der Waals surface area contributed by atoms with Crippen molar-refractivity contribution in [3.8, 4) is 62.2 Å². The summed E-state index contributed by atoms with van der Waals surface area (Å²) < 4.78 is 0. The van der Waals surface area contributed by atoms with E-state index in [0.29, 0.717) is 16.9 Å². The molecule has 0 atom stereocenters. The summed E-state index contributed by atoms with van der Waals surface area (Å²) >= 11 is 0. The minimum atomic E-state index is 0.552. The van der Waals surface area contributed by atoms with Crippen molar-refractivity contribution in [2.45, 2.75) is 0 Å². The molecule has 48 heavy (non-hydrogen) atoms. The fourth-order valence-corrected chi connectivity index (χ4v) is 6.40. The predicted octanol–water partition coefficient (Wildman–Crippen LogP) is 10.9. The Morgan fingerprint density at radius 3 is 1.79 bits per heavy atom. The summed E-state index contributed by atoms with van der Waals surface area (Å²) in [4.78, 5) is 17.6. The van der Waals surface area contributed by atoms with Gasteiger partial charge in [-0.3, -0.25) is 9.97 Å². The molecule has 0 saturated heterocycles. The van der Waals surface area contributed by atoms with E-state index in [-0.39, 0.29) is 0 Å². The summed E-state index contributed by atoms with van der Waals surface area (Å²) in [7, 11) is 0. The Morgan fingerprint density at radius 2 is 1.06 bits per heavy atom. The van der Waals surface area contributed by atoms with Gasteiger partial charge in [-0.25, -0.2) is 9.83 Å². The number of fused-ring (bicyclic) bond motifs is 2. The molecule has 0 unspecified atom stereocenters. The Balaban J connectivity index is 1.24. The van der Waals surface area contributed by atoms with Crippen molar-refractivity contribution >= 4 is 27.2 Å². The predicted molar refractivity (Wildman–Crippen MR) is 193 cm³/mol. The van der Waals surface area contributed by atoms with Crippen molar-refractivity contribution in [3.05, 3.63) is 169 Å². The van der Waals surface area contributed by atoms with Gasteiger partial charge in [0.2, 0.25) is 0 Å². The highest BCUT2D eigenvalue weighted by atomic mass is 14.8. The van der Waals surface area contributed by atoms with Crippen molar-refractivity contribution in [2.75, 3.05) is 0 Å². The molecular weight excluding hydrogens is 587 g/mol. The zero-order chi connectivity index (χ0) is 32.5. The van der Waals surface area contributed by atoms with Crippen LogP contribution >= 0.6 is 0 Å². The molecule has 0 aliphatic heterocycles. The molecule has 0 aliphatic carbocycles. The first-order chi connectivity index (χ1) is 23.7. The smallest absolute Gasteiger partial charge is 0.190 e. The van der Waals surface area contributed by atoms with Gasteiger partial charge >= 0.3 is 0 Å². The third-order valence-corrected chi connectivity index (χ3v) is 8.66. The molecule has 0 radical (unpaired) electrons. The average Bonchev–Trinajstić information content (AvgIpc) is 3.17. The summed E-state index contributed by atoms with van der Waals surface area (Å²) in [6.07, 6.45) is 3.33. The lowest BCUT2D eigenvalue weighted by atomic mass is 9.88. The van der Waals surface area contributed by atoms with Gasteiger partial charge in [0.15, 0.2) is 5.69 Å². The molecule has 3 heterocycles. The highest BCUT2D eigenvalue weighted by Crippen LogP contribution is 2.41. The second-order valence-electron chi connectivity index (χ2n) is 11.5. The van der Waals surface area contributed by atoms with Gasteiger partial charge in [-0.2, -0.15) is 5.26 Å². The van der Waals surface area contributed by atoms with E-state index in [4.69, 9.17) is 11.6 Å². The van der Waals surface area contributed by atoms with E-state index in [1.54, 1.807) is 30.6 Å².